The number of amides is 2. The SMILES string of the molecule is NC(N)=O.Nc1ccc(Oc2ccc(N)cc2)cc1. The summed E-state index contributed by atoms with van der Waals surface area (Å²) in [6.07, 6.45) is 0. The molecule has 0 heterocycles. The molecule has 0 saturated carbocycles. The molecule has 0 aromatic heterocycles. The van der Waals surface area contributed by atoms with E-state index in [1.807, 2.05) is 24.3 Å². The van der Waals surface area contributed by atoms with Gasteiger partial charge in [0.15, 0.2) is 0 Å². The van der Waals surface area contributed by atoms with Crippen LogP contribution in [0.5, 0.6) is 11.5 Å². The third-order valence-corrected chi connectivity index (χ3v) is 2.00. The maximum absolute atomic E-state index is 9.00. The fourth-order valence-corrected chi connectivity index (χ4v) is 1.21. The molecule has 2 rings (SSSR count). The van der Waals surface area contributed by atoms with Crippen molar-refractivity contribution in [3.05, 3.63) is 48.5 Å². The van der Waals surface area contributed by atoms with E-state index < -0.39 is 6.03 Å². The lowest BCUT2D eigenvalue weighted by Gasteiger charge is -2.05. The standard InChI is InChI=1S/C12H12N2O.CH4N2O/c13-9-1-5-11(6-2-9)15-12-7-3-10(14)4-8-12;2-1(3)4/h1-8H,13-14H2;(H4,2,3,4). The first-order valence-electron chi connectivity index (χ1n) is 5.41. The second kappa shape index (κ2) is 6.75. The minimum Gasteiger partial charge on any atom is -0.457 e. The van der Waals surface area contributed by atoms with Crippen LogP contribution in [0.15, 0.2) is 48.5 Å². The summed E-state index contributed by atoms with van der Waals surface area (Å²) in [6, 6.07) is 13.7. The van der Waals surface area contributed by atoms with E-state index in [2.05, 4.69) is 11.5 Å². The second-order valence-corrected chi connectivity index (χ2v) is 3.64. The van der Waals surface area contributed by atoms with Crippen molar-refractivity contribution in [1.82, 2.24) is 0 Å². The van der Waals surface area contributed by atoms with Crippen molar-refractivity contribution in [2.45, 2.75) is 0 Å². The summed E-state index contributed by atoms with van der Waals surface area (Å²) in [7, 11) is 0. The highest BCUT2D eigenvalue weighted by Crippen LogP contribution is 2.22. The highest BCUT2D eigenvalue weighted by atomic mass is 16.5. The van der Waals surface area contributed by atoms with Gasteiger partial charge in [0.25, 0.3) is 0 Å². The molecular weight excluding hydrogens is 244 g/mol. The van der Waals surface area contributed by atoms with Crippen molar-refractivity contribution in [1.29, 1.82) is 0 Å². The van der Waals surface area contributed by atoms with Gasteiger partial charge < -0.3 is 27.7 Å². The molecule has 0 fully saturated rings. The van der Waals surface area contributed by atoms with Crippen LogP contribution in [-0.2, 0) is 0 Å². The number of primary amides is 2. The Bertz CT molecular complexity index is 476. The summed E-state index contributed by atoms with van der Waals surface area (Å²) >= 11 is 0. The Labute approximate surface area is 110 Å². The number of nitrogen functional groups attached to an aromatic ring is 2. The minimum atomic E-state index is -0.833. The van der Waals surface area contributed by atoms with Gasteiger partial charge in [0, 0.05) is 11.4 Å². The number of carbonyl (C=O) groups excluding carboxylic acids is 1. The Kier molecular flexibility index (Phi) is 5.04. The molecule has 0 saturated heterocycles. The topological polar surface area (TPSA) is 130 Å². The fourth-order valence-electron chi connectivity index (χ4n) is 1.21. The summed E-state index contributed by atoms with van der Waals surface area (Å²) in [5, 5.41) is 0. The van der Waals surface area contributed by atoms with Gasteiger partial charge in [-0.2, -0.15) is 0 Å². The molecule has 2 aromatic carbocycles. The lowest BCUT2D eigenvalue weighted by Crippen LogP contribution is -2.18. The van der Waals surface area contributed by atoms with Crippen molar-refractivity contribution >= 4 is 17.4 Å². The Hall–Kier alpha value is -2.89. The molecule has 0 bridgehead atoms. The summed E-state index contributed by atoms with van der Waals surface area (Å²) in [4.78, 5) is 9.00. The lowest BCUT2D eigenvalue weighted by molar-refractivity contribution is 0.256. The molecule has 0 aliphatic heterocycles. The van der Waals surface area contributed by atoms with Crippen LogP contribution in [0.1, 0.15) is 0 Å². The van der Waals surface area contributed by atoms with Crippen LogP contribution in [0.25, 0.3) is 0 Å². The molecule has 8 N–H and O–H groups in total. The van der Waals surface area contributed by atoms with Crippen LogP contribution < -0.4 is 27.7 Å². The predicted molar refractivity (Wildman–Crippen MR) is 75.6 cm³/mol. The van der Waals surface area contributed by atoms with Gasteiger partial charge in [-0.05, 0) is 48.5 Å². The number of anilines is 2. The molecule has 0 unspecified atom stereocenters. The summed E-state index contributed by atoms with van der Waals surface area (Å²) in [5.74, 6) is 1.52. The van der Waals surface area contributed by atoms with Gasteiger partial charge in [0.2, 0.25) is 0 Å². The monoisotopic (exact) mass is 260 g/mol. The average molecular weight is 260 g/mol. The van der Waals surface area contributed by atoms with Crippen LogP contribution in [0.3, 0.4) is 0 Å². The summed E-state index contributed by atoms with van der Waals surface area (Å²) < 4.78 is 5.58. The largest absolute Gasteiger partial charge is 0.457 e. The van der Waals surface area contributed by atoms with Crippen molar-refractivity contribution in [2.75, 3.05) is 11.5 Å². The van der Waals surface area contributed by atoms with Gasteiger partial charge in [-0.3, -0.25) is 0 Å². The molecular formula is C13H16N4O2. The van der Waals surface area contributed by atoms with Gasteiger partial charge in [-0.25, -0.2) is 4.79 Å². The number of carbonyl (C=O) groups is 1. The number of hydrogen-bond acceptors (Lipinski definition) is 4. The number of nitrogens with two attached hydrogens (primary N) is 4. The van der Waals surface area contributed by atoms with E-state index in [1.165, 1.54) is 0 Å². The predicted octanol–water partition coefficient (Wildman–Crippen LogP) is 1.67. The maximum Gasteiger partial charge on any atom is 0.309 e. The lowest BCUT2D eigenvalue weighted by atomic mass is 10.3. The molecule has 6 nitrogen and oxygen atoms in total. The quantitative estimate of drug-likeness (QED) is 0.611. The van der Waals surface area contributed by atoms with Gasteiger partial charge >= 0.3 is 6.03 Å². The Morgan fingerprint density at radius 2 is 1.00 bits per heavy atom. The van der Waals surface area contributed by atoms with Crippen LogP contribution in [0.4, 0.5) is 16.2 Å². The summed E-state index contributed by atoms with van der Waals surface area (Å²) in [5.41, 5.74) is 21.1. The number of benzene rings is 2. The van der Waals surface area contributed by atoms with Crippen molar-refractivity contribution in [3.63, 3.8) is 0 Å². The third-order valence-electron chi connectivity index (χ3n) is 2.00. The molecule has 0 aliphatic rings. The summed E-state index contributed by atoms with van der Waals surface area (Å²) in [6.45, 7) is 0. The molecule has 100 valence electrons. The first-order chi connectivity index (χ1) is 8.97. The zero-order valence-corrected chi connectivity index (χ0v) is 10.2. The van der Waals surface area contributed by atoms with E-state index in [1.54, 1.807) is 24.3 Å². The van der Waals surface area contributed by atoms with Crippen LogP contribution in [0.2, 0.25) is 0 Å². The first-order valence-corrected chi connectivity index (χ1v) is 5.41. The molecule has 6 heteroatoms. The first kappa shape index (κ1) is 14.2. The van der Waals surface area contributed by atoms with E-state index >= 15 is 0 Å². The average Bonchev–Trinajstić information content (AvgIpc) is 2.34. The smallest absolute Gasteiger partial charge is 0.309 e. The van der Waals surface area contributed by atoms with Gasteiger partial charge in [-0.15, -0.1) is 0 Å². The van der Waals surface area contributed by atoms with Crippen molar-refractivity contribution < 1.29 is 9.53 Å². The van der Waals surface area contributed by atoms with E-state index in [9.17, 15) is 0 Å². The minimum absolute atomic E-state index is 0.722. The number of urea groups is 1. The van der Waals surface area contributed by atoms with Crippen LogP contribution in [-0.4, -0.2) is 6.03 Å². The number of ether oxygens (including phenoxy) is 1. The highest BCUT2D eigenvalue weighted by molar-refractivity contribution is 5.69. The highest BCUT2D eigenvalue weighted by Gasteiger charge is 1.96. The van der Waals surface area contributed by atoms with Crippen molar-refractivity contribution in [2.24, 2.45) is 11.5 Å². The normalized spacial score (nSPS) is 9.05. The Morgan fingerprint density at radius 3 is 1.26 bits per heavy atom. The van der Waals surface area contributed by atoms with Crippen LogP contribution in [0, 0.1) is 0 Å². The van der Waals surface area contributed by atoms with Gasteiger partial charge in [-0.1, -0.05) is 0 Å². The fraction of sp³-hybridized carbons (Fsp3) is 0. The van der Waals surface area contributed by atoms with Gasteiger partial charge in [0.1, 0.15) is 11.5 Å². The molecule has 2 amide bonds. The van der Waals surface area contributed by atoms with E-state index in [0.717, 1.165) is 22.9 Å². The Morgan fingerprint density at radius 1 is 0.737 bits per heavy atom. The molecule has 0 radical (unpaired) electrons. The van der Waals surface area contributed by atoms with E-state index in [0.29, 0.717) is 0 Å². The van der Waals surface area contributed by atoms with E-state index in [4.69, 9.17) is 21.0 Å². The van der Waals surface area contributed by atoms with Crippen molar-refractivity contribution in [3.8, 4) is 11.5 Å². The number of hydrogen-bond donors (Lipinski definition) is 4. The zero-order chi connectivity index (χ0) is 14.3. The molecule has 0 spiro atoms. The van der Waals surface area contributed by atoms with Crippen LogP contribution >= 0.6 is 0 Å². The zero-order valence-electron chi connectivity index (χ0n) is 10.2. The molecule has 19 heavy (non-hydrogen) atoms. The Balaban J connectivity index is 0.000000399. The number of rotatable bonds is 2. The molecule has 2 aromatic rings. The maximum atomic E-state index is 9.00. The van der Waals surface area contributed by atoms with Gasteiger partial charge in [0.05, 0.1) is 0 Å². The molecule has 0 aliphatic carbocycles. The molecule has 0 atom stereocenters. The third kappa shape index (κ3) is 5.83. The second-order valence-electron chi connectivity index (χ2n) is 3.64. The van der Waals surface area contributed by atoms with E-state index in [-0.39, 0.29) is 0 Å².